The van der Waals surface area contributed by atoms with Gasteiger partial charge in [-0.05, 0) is 23.8 Å². The van der Waals surface area contributed by atoms with Crippen molar-refractivity contribution in [2.24, 2.45) is 5.84 Å². The summed E-state index contributed by atoms with van der Waals surface area (Å²) in [5.74, 6) is 5.98. The van der Waals surface area contributed by atoms with E-state index in [0.29, 0.717) is 12.2 Å². The molecule has 4 N–H and O–H groups in total. The van der Waals surface area contributed by atoms with E-state index in [4.69, 9.17) is 5.84 Å². The summed E-state index contributed by atoms with van der Waals surface area (Å²) in [7, 11) is 0. The van der Waals surface area contributed by atoms with Gasteiger partial charge in [-0.2, -0.15) is 0 Å². The first kappa shape index (κ1) is 10.2. The van der Waals surface area contributed by atoms with E-state index in [1.54, 1.807) is 0 Å². The molecule has 17 heavy (non-hydrogen) atoms. The molecule has 0 saturated carbocycles. The maximum atomic E-state index is 11.2. The van der Waals surface area contributed by atoms with Gasteiger partial charge in [-0.15, -0.1) is 11.3 Å². The van der Waals surface area contributed by atoms with Gasteiger partial charge >= 0.3 is 0 Å². The number of thiazole rings is 1. The maximum Gasteiger partial charge on any atom is 0.228 e. The maximum absolute atomic E-state index is 11.2. The predicted octanol–water partition coefficient (Wildman–Crippen LogP) is 1.59. The van der Waals surface area contributed by atoms with Crippen molar-refractivity contribution in [3.8, 4) is 10.6 Å². The van der Waals surface area contributed by atoms with E-state index in [9.17, 15) is 4.79 Å². The quantitative estimate of drug-likeness (QED) is 0.555. The number of amides is 1. The molecule has 1 aliphatic rings. The topological polar surface area (TPSA) is 80.0 Å². The van der Waals surface area contributed by atoms with Crippen molar-refractivity contribution >= 4 is 28.7 Å². The van der Waals surface area contributed by atoms with Gasteiger partial charge < -0.3 is 10.7 Å². The van der Waals surface area contributed by atoms with E-state index in [1.165, 1.54) is 11.3 Å². The van der Waals surface area contributed by atoms with Crippen LogP contribution in [-0.4, -0.2) is 10.9 Å². The van der Waals surface area contributed by atoms with Crippen molar-refractivity contribution in [2.45, 2.75) is 6.42 Å². The highest BCUT2D eigenvalue weighted by atomic mass is 32.1. The van der Waals surface area contributed by atoms with Crippen LogP contribution in [0.5, 0.6) is 0 Å². The molecule has 0 unspecified atom stereocenters. The monoisotopic (exact) mass is 246 g/mol. The van der Waals surface area contributed by atoms with Gasteiger partial charge in [0.2, 0.25) is 5.91 Å². The molecular weight excluding hydrogens is 236 g/mol. The van der Waals surface area contributed by atoms with Gasteiger partial charge in [-0.1, -0.05) is 0 Å². The first-order valence-corrected chi connectivity index (χ1v) is 5.99. The van der Waals surface area contributed by atoms with Crippen LogP contribution in [0.25, 0.3) is 10.6 Å². The summed E-state index contributed by atoms with van der Waals surface area (Å²) in [5, 5.41) is 5.55. The van der Waals surface area contributed by atoms with Crippen LogP contribution >= 0.6 is 11.3 Å². The molecule has 0 aliphatic carbocycles. The standard InChI is InChI=1S/C11H10N4OS/c12-15-9-5-17-11(14-9)6-1-2-8-7(3-6)4-10(16)13-8/h1-3,5,15H,4,12H2,(H,13,16). The fourth-order valence-corrected chi connectivity index (χ4v) is 2.59. The molecule has 3 rings (SSSR count). The average Bonchev–Trinajstić information content (AvgIpc) is 2.92. The minimum atomic E-state index is 0.0422. The Balaban J connectivity index is 1.99. The minimum absolute atomic E-state index is 0.0422. The number of nitrogens with one attached hydrogen (secondary N) is 2. The third kappa shape index (κ3) is 1.77. The van der Waals surface area contributed by atoms with Gasteiger partial charge in [0.25, 0.3) is 0 Å². The lowest BCUT2D eigenvalue weighted by molar-refractivity contribution is -0.115. The molecule has 0 fully saturated rings. The van der Waals surface area contributed by atoms with Crippen molar-refractivity contribution in [3.63, 3.8) is 0 Å². The zero-order valence-electron chi connectivity index (χ0n) is 8.86. The Morgan fingerprint density at radius 2 is 2.35 bits per heavy atom. The summed E-state index contributed by atoms with van der Waals surface area (Å²) in [4.78, 5) is 15.6. The third-order valence-corrected chi connectivity index (χ3v) is 3.52. The summed E-state index contributed by atoms with van der Waals surface area (Å²) < 4.78 is 0. The SMILES string of the molecule is NNc1csc(-c2ccc3c(c2)CC(=O)N3)n1. The number of aromatic nitrogens is 1. The van der Waals surface area contributed by atoms with Crippen LogP contribution in [0.15, 0.2) is 23.6 Å². The Labute approximate surface area is 102 Å². The number of anilines is 2. The highest BCUT2D eigenvalue weighted by Gasteiger charge is 2.18. The number of nitrogens with two attached hydrogens (primary N) is 1. The fourth-order valence-electron chi connectivity index (χ4n) is 1.83. The van der Waals surface area contributed by atoms with Gasteiger partial charge in [0.15, 0.2) is 5.82 Å². The number of carbonyl (C=O) groups is 1. The first-order valence-electron chi connectivity index (χ1n) is 5.11. The number of hydrogen-bond acceptors (Lipinski definition) is 5. The minimum Gasteiger partial charge on any atom is -0.326 e. The van der Waals surface area contributed by atoms with Crippen molar-refractivity contribution < 1.29 is 4.79 Å². The van der Waals surface area contributed by atoms with Crippen LogP contribution in [0.1, 0.15) is 5.56 Å². The summed E-state index contributed by atoms with van der Waals surface area (Å²) >= 11 is 1.51. The smallest absolute Gasteiger partial charge is 0.228 e. The normalized spacial score (nSPS) is 13.4. The lowest BCUT2D eigenvalue weighted by Gasteiger charge is -2.00. The van der Waals surface area contributed by atoms with E-state index >= 15 is 0 Å². The van der Waals surface area contributed by atoms with Crippen LogP contribution in [0.2, 0.25) is 0 Å². The number of nitrogens with zero attached hydrogens (tertiary/aromatic N) is 1. The third-order valence-electron chi connectivity index (χ3n) is 2.63. The molecular formula is C11H10N4OS. The van der Waals surface area contributed by atoms with Crippen LogP contribution in [0, 0.1) is 0 Å². The Hall–Kier alpha value is -1.92. The molecule has 0 atom stereocenters. The van der Waals surface area contributed by atoms with Crippen LogP contribution in [-0.2, 0) is 11.2 Å². The molecule has 86 valence electrons. The molecule has 1 amide bonds. The lowest BCUT2D eigenvalue weighted by Crippen LogP contribution is -2.06. The molecule has 1 aromatic carbocycles. The molecule has 0 saturated heterocycles. The van der Waals surface area contributed by atoms with Gasteiger partial charge in [0.1, 0.15) is 5.01 Å². The Bertz CT molecular complexity index is 593. The predicted molar refractivity (Wildman–Crippen MR) is 67.7 cm³/mol. The molecule has 2 aromatic rings. The number of carbonyl (C=O) groups excluding carboxylic acids is 1. The van der Waals surface area contributed by atoms with Crippen LogP contribution in [0.4, 0.5) is 11.5 Å². The number of benzene rings is 1. The first-order chi connectivity index (χ1) is 8.26. The second-order valence-corrected chi connectivity index (χ2v) is 4.64. The van der Waals surface area contributed by atoms with E-state index in [0.717, 1.165) is 21.8 Å². The van der Waals surface area contributed by atoms with Crippen molar-refractivity contribution in [1.82, 2.24) is 4.98 Å². The van der Waals surface area contributed by atoms with E-state index in [1.807, 2.05) is 23.6 Å². The number of hydrogen-bond donors (Lipinski definition) is 3. The van der Waals surface area contributed by atoms with Gasteiger partial charge in [-0.3, -0.25) is 4.79 Å². The number of rotatable bonds is 2. The van der Waals surface area contributed by atoms with E-state index in [2.05, 4.69) is 15.7 Å². The van der Waals surface area contributed by atoms with Crippen LogP contribution < -0.4 is 16.6 Å². The van der Waals surface area contributed by atoms with Crippen LogP contribution in [0.3, 0.4) is 0 Å². The zero-order valence-corrected chi connectivity index (χ0v) is 9.67. The van der Waals surface area contributed by atoms with Gasteiger partial charge in [0, 0.05) is 16.6 Å². The molecule has 0 bridgehead atoms. The van der Waals surface area contributed by atoms with Gasteiger partial charge in [0.05, 0.1) is 6.42 Å². The molecule has 0 radical (unpaired) electrons. The Kier molecular flexibility index (Phi) is 2.31. The Morgan fingerprint density at radius 1 is 1.47 bits per heavy atom. The molecule has 0 spiro atoms. The largest absolute Gasteiger partial charge is 0.326 e. The second kappa shape index (κ2) is 3.83. The van der Waals surface area contributed by atoms with Gasteiger partial charge in [-0.25, -0.2) is 10.8 Å². The molecule has 6 heteroatoms. The highest BCUT2D eigenvalue weighted by molar-refractivity contribution is 7.13. The zero-order chi connectivity index (χ0) is 11.8. The Morgan fingerprint density at radius 3 is 3.12 bits per heavy atom. The summed E-state index contributed by atoms with van der Waals surface area (Å²) in [6.07, 6.45) is 0.441. The lowest BCUT2D eigenvalue weighted by atomic mass is 10.1. The second-order valence-electron chi connectivity index (χ2n) is 3.78. The highest BCUT2D eigenvalue weighted by Crippen LogP contribution is 2.31. The fraction of sp³-hybridized carbons (Fsp3) is 0.0909. The molecule has 5 nitrogen and oxygen atoms in total. The van der Waals surface area contributed by atoms with E-state index < -0.39 is 0 Å². The molecule has 1 aliphatic heterocycles. The van der Waals surface area contributed by atoms with Crippen molar-refractivity contribution in [2.75, 3.05) is 10.7 Å². The number of hydrazine groups is 1. The summed E-state index contributed by atoms with van der Waals surface area (Å²) in [6.45, 7) is 0. The summed E-state index contributed by atoms with van der Waals surface area (Å²) in [5.41, 5.74) is 5.43. The molecule has 1 aromatic heterocycles. The molecule has 2 heterocycles. The average molecular weight is 246 g/mol. The van der Waals surface area contributed by atoms with E-state index in [-0.39, 0.29) is 5.91 Å². The van der Waals surface area contributed by atoms with Crippen molar-refractivity contribution in [3.05, 3.63) is 29.1 Å². The van der Waals surface area contributed by atoms with Crippen molar-refractivity contribution in [1.29, 1.82) is 0 Å². The number of fused-ring (bicyclic) bond motifs is 1. The number of nitrogen functional groups attached to an aromatic ring is 1. The summed E-state index contributed by atoms with van der Waals surface area (Å²) in [6, 6.07) is 5.85.